The Hall–Kier alpha value is -1.00. The van der Waals surface area contributed by atoms with Gasteiger partial charge in [0.1, 0.15) is 0 Å². The summed E-state index contributed by atoms with van der Waals surface area (Å²) in [5.41, 5.74) is 0.513. The molecule has 2 N–H and O–H groups in total. The Morgan fingerprint density at radius 1 is 1.29 bits per heavy atom. The summed E-state index contributed by atoms with van der Waals surface area (Å²) >= 11 is 0. The number of aliphatic hydroxyl groups excluding tert-OH is 1. The highest BCUT2D eigenvalue weighted by Crippen LogP contribution is 2.35. The third-order valence-corrected chi connectivity index (χ3v) is 3.59. The van der Waals surface area contributed by atoms with Crippen LogP contribution in [-0.4, -0.2) is 24.8 Å². The van der Waals surface area contributed by atoms with Gasteiger partial charge in [-0.05, 0) is 43.5 Å². The number of aliphatic hydroxyl groups is 1. The summed E-state index contributed by atoms with van der Waals surface area (Å²) in [6.07, 6.45) is 2.45. The van der Waals surface area contributed by atoms with Crippen molar-refractivity contribution >= 4 is 0 Å². The summed E-state index contributed by atoms with van der Waals surface area (Å²) in [6, 6.07) is 4.05. The molecule has 94 valence electrons. The fraction of sp³-hybridized carbons (Fsp3) is 0.538. The fourth-order valence-electron chi connectivity index (χ4n) is 2.61. The SMILES string of the molecule is OCCC1(c2ccc(F)c(F)c2)CCCNC1. The van der Waals surface area contributed by atoms with Gasteiger partial charge in [-0.3, -0.25) is 0 Å². The molecule has 0 aromatic heterocycles. The predicted molar refractivity (Wildman–Crippen MR) is 61.8 cm³/mol. The average Bonchev–Trinajstić information content (AvgIpc) is 2.34. The summed E-state index contributed by atoms with van der Waals surface area (Å²) in [5.74, 6) is -1.64. The lowest BCUT2D eigenvalue weighted by Crippen LogP contribution is -2.44. The van der Waals surface area contributed by atoms with Crippen LogP contribution in [-0.2, 0) is 5.41 Å². The minimum atomic E-state index is -0.823. The van der Waals surface area contributed by atoms with E-state index in [9.17, 15) is 13.9 Å². The summed E-state index contributed by atoms with van der Waals surface area (Å²) in [6.45, 7) is 1.70. The zero-order valence-electron chi connectivity index (χ0n) is 9.68. The minimum absolute atomic E-state index is 0.0562. The number of halogens is 2. The number of hydrogen-bond donors (Lipinski definition) is 2. The standard InChI is InChI=1S/C13H17F2NO/c14-11-3-2-10(8-12(11)15)13(5-7-17)4-1-6-16-9-13/h2-3,8,16-17H,1,4-7,9H2. The van der Waals surface area contributed by atoms with Crippen LogP contribution in [0.5, 0.6) is 0 Å². The molecule has 0 bridgehead atoms. The molecule has 1 saturated heterocycles. The Balaban J connectivity index is 2.34. The van der Waals surface area contributed by atoms with E-state index in [1.165, 1.54) is 12.1 Å². The lowest BCUT2D eigenvalue weighted by atomic mass is 9.72. The van der Waals surface area contributed by atoms with Crippen LogP contribution >= 0.6 is 0 Å². The molecule has 1 aliphatic rings. The lowest BCUT2D eigenvalue weighted by Gasteiger charge is -2.38. The highest BCUT2D eigenvalue weighted by atomic mass is 19.2. The van der Waals surface area contributed by atoms with Crippen LogP contribution in [0.4, 0.5) is 8.78 Å². The largest absolute Gasteiger partial charge is 0.396 e. The van der Waals surface area contributed by atoms with Crippen molar-refractivity contribution in [2.75, 3.05) is 19.7 Å². The first kappa shape index (κ1) is 12.5. The van der Waals surface area contributed by atoms with Gasteiger partial charge in [0.25, 0.3) is 0 Å². The fourth-order valence-corrected chi connectivity index (χ4v) is 2.61. The maximum Gasteiger partial charge on any atom is 0.159 e. The monoisotopic (exact) mass is 241 g/mol. The van der Waals surface area contributed by atoms with Gasteiger partial charge < -0.3 is 10.4 Å². The van der Waals surface area contributed by atoms with Crippen LogP contribution in [0.2, 0.25) is 0 Å². The van der Waals surface area contributed by atoms with Crippen LogP contribution in [0.1, 0.15) is 24.8 Å². The molecule has 1 heterocycles. The molecule has 2 nitrogen and oxygen atoms in total. The van der Waals surface area contributed by atoms with Crippen LogP contribution in [0.15, 0.2) is 18.2 Å². The summed E-state index contributed by atoms with van der Waals surface area (Å²) in [7, 11) is 0. The Bertz CT molecular complexity index is 383. The normalized spacial score (nSPS) is 24.9. The van der Waals surface area contributed by atoms with Gasteiger partial charge >= 0.3 is 0 Å². The lowest BCUT2D eigenvalue weighted by molar-refractivity contribution is 0.207. The van der Waals surface area contributed by atoms with Crippen molar-refractivity contribution in [2.45, 2.75) is 24.7 Å². The Morgan fingerprint density at radius 3 is 2.71 bits per heavy atom. The molecule has 0 saturated carbocycles. The van der Waals surface area contributed by atoms with Gasteiger partial charge in [-0.15, -0.1) is 0 Å². The number of benzene rings is 1. The zero-order chi connectivity index (χ0) is 12.3. The highest BCUT2D eigenvalue weighted by Gasteiger charge is 2.33. The summed E-state index contributed by atoms with van der Waals surface area (Å²) in [4.78, 5) is 0. The second-order valence-electron chi connectivity index (χ2n) is 4.66. The van der Waals surface area contributed by atoms with E-state index >= 15 is 0 Å². The van der Waals surface area contributed by atoms with E-state index in [2.05, 4.69) is 5.32 Å². The van der Waals surface area contributed by atoms with Gasteiger partial charge in [0, 0.05) is 18.6 Å². The molecule has 0 aliphatic carbocycles. The highest BCUT2D eigenvalue weighted by molar-refractivity contribution is 5.28. The molecule has 0 radical (unpaired) electrons. The first-order valence-corrected chi connectivity index (χ1v) is 5.95. The molecule has 4 heteroatoms. The van der Waals surface area contributed by atoms with Crippen molar-refractivity contribution in [1.29, 1.82) is 0 Å². The Morgan fingerprint density at radius 2 is 2.12 bits per heavy atom. The third-order valence-electron chi connectivity index (χ3n) is 3.59. The van der Waals surface area contributed by atoms with E-state index in [1.807, 2.05) is 0 Å². The van der Waals surface area contributed by atoms with Gasteiger partial charge in [0.2, 0.25) is 0 Å². The average molecular weight is 241 g/mol. The van der Waals surface area contributed by atoms with Crippen LogP contribution < -0.4 is 5.32 Å². The molecule has 2 rings (SSSR count). The molecule has 1 atom stereocenters. The third kappa shape index (κ3) is 2.48. The van der Waals surface area contributed by atoms with Crippen LogP contribution in [0.3, 0.4) is 0 Å². The van der Waals surface area contributed by atoms with Crippen molar-refractivity contribution < 1.29 is 13.9 Å². The smallest absolute Gasteiger partial charge is 0.159 e. The van der Waals surface area contributed by atoms with E-state index in [-0.39, 0.29) is 12.0 Å². The first-order chi connectivity index (χ1) is 8.18. The van der Waals surface area contributed by atoms with Crippen LogP contribution in [0.25, 0.3) is 0 Å². The molecule has 0 amide bonds. The van der Waals surface area contributed by atoms with Crippen molar-refractivity contribution in [3.8, 4) is 0 Å². The molecule has 17 heavy (non-hydrogen) atoms. The molecule has 1 aromatic rings. The maximum absolute atomic E-state index is 13.3. The maximum atomic E-state index is 13.3. The van der Waals surface area contributed by atoms with Crippen LogP contribution in [0, 0.1) is 11.6 Å². The van der Waals surface area contributed by atoms with Gasteiger partial charge in [-0.25, -0.2) is 8.78 Å². The van der Waals surface area contributed by atoms with Gasteiger partial charge in [0.05, 0.1) is 0 Å². The molecule has 1 fully saturated rings. The predicted octanol–water partition coefficient (Wildman–Crippen LogP) is 1.97. The number of piperidine rings is 1. The van der Waals surface area contributed by atoms with Gasteiger partial charge in [-0.2, -0.15) is 0 Å². The quantitative estimate of drug-likeness (QED) is 0.848. The van der Waals surface area contributed by atoms with Crippen molar-refractivity contribution in [1.82, 2.24) is 5.32 Å². The number of nitrogens with one attached hydrogen (secondary N) is 1. The van der Waals surface area contributed by atoms with E-state index in [4.69, 9.17) is 0 Å². The number of rotatable bonds is 3. The molecular formula is C13H17F2NO. The molecule has 0 spiro atoms. The molecule has 1 aromatic carbocycles. The summed E-state index contributed by atoms with van der Waals surface area (Å²) < 4.78 is 26.2. The molecule has 1 unspecified atom stereocenters. The van der Waals surface area contributed by atoms with Gasteiger partial charge in [-0.1, -0.05) is 6.07 Å². The Labute approximate surface area is 99.7 Å². The second kappa shape index (κ2) is 5.10. The van der Waals surface area contributed by atoms with E-state index < -0.39 is 11.6 Å². The second-order valence-corrected chi connectivity index (χ2v) is 4.66. The Kier molecular flexibility index (Phi) is 3.74. The van der Waals surface area contributed by atoms with Crippen molar-refractivity contribution in [2.24, 2.45) is 0 Å². The van der Waals surface area contributed by atoms with Crippen molar-refractivity contribution in [3.63, 3.8) is 0 Å². The van der Waals surface area contributed by atoms with E-state index in [0.29, 0.717) is 13.0 Å². The topological polar surface area (TPSA) is 32.3 Å². The zero-order valence-corrected chi connectivity index (χ0v) is 9.68. The van der Waals surface area contributed by atoms with E-state index in [0.717, 1.165) is 24.9 Å². The van der Waals surface area contributed by atoms with Gasteiger partial charge in [0.15, 0.2) is 11.6 Å². The molecule has 1 aliphatic heterocycles. The van der Waals surface area contributed by atoms with Crippen molar-refractivity contribution in [3.05, 3.63) is 35.4 Å². The number of hydrogen-bond acceptors (Lipinski definition) is 2. The summed E-state index contributed by atoms with van der Waals surface area (Å²) in [5, 5.41) is 12.4. The van der Waals surface area contributed by atoms with E-state index in [1.54, 1.807) is 6.07 Å². The first-order valence-electron chi connectivity index (χ1n) is 5.95. The molecular weight excluding hydrogens is 224 g/mol. The minimum Gasteiger partial charge on any atom is -0.396 e.